The molecule has 38 nitrogen and oxygen atoms in total. The second-order valence-corrected chi connectivity index (χ2v) is 25.9. The van der Waals surface area contributed by atoms with Gasteiger partial charge in [0, 0.05) is 12.3 Å². The molecule has 10 rings (SSSR count). The summed E-state index contributed by atoms with van der Waals surface area (Å²) in [5, 5.41) is 163. The van der Waals surface area contributed by atoms with Crippen molar-refractivity contribution in [3.8, 4) is 11.5 Å². The molecule has 0 aliphatic carbocycles. The number of aliphatic hydroxyl groups is 13. The number of benzene rings is 4. The van der Waals surface area contributed by atoms with Gasteiger partial charge in [-0.05, 0) is 57.8 Å². The topological polar surface area (TPSA) is 594 Å². The van der Waals surface area contributed by atoms with Crippen LogP contribution in [0.3, 0.4) is 0 Å². The Morgan fingerprint density at radius 3 is 1.85 bits per heavy atom. The summed E-state index contributed by atoms with van der Waals surface area (Å²) in [4.78, 5) is 96.7. The van der Waals surface area contributed by atoms with E-state index in [0.717, 1.165) is 15.7 Å². The van der Waals surface area contributed by atoms with Crippen LogP contribution < -0.4 is 58.2 Å². The molecule has 4 aromatic carbocycles. The van der Waals surface area contributed by atoms with Crippen LogP contribution in [-0.4, -0.2) is 318 Å². The molecule has 4 aromatic rings. The summed E-state index contributed by atoms with van der Waals surface area (Å²) in [5.74, 6) is -8.35. The van der Waals surface area contributed by atoms with Crippen molar-refractivity contribution in [2.24, 2.45) is 21.5 Å². The van der Waals surface area contributed by atoms with E-state index in [1.54, 1.807) is 56.5 Å². The van der Waals surface area contributed by atoms with E-state index in [2.05, 4.69) is 47.2 Å². The van der Waals surface area contributed by atoms with Crippen molar-refractivity contribution in [1.82, 2.24) is 42.1 Å². The van der Waals surface area contributed by atoms with Gasteiger partial charge in [0.2, 0.25) is 41.7 Å². The number of nitrogens with zero attached hydrogens (tertiary/aromatic N) is 3. The summed E-state index contributed by atoms with van der Waals surface area (Å²) in [7, 11) is 1.54. The first-order chi connectivity index (χ1) is 49.7. The Morgan fingerprint density at radius 1 is 0.558 bits per heavy atom. The van der Waals surface area contributed by atoms with Gasteiger partial charge in [0.1, 0.15) is 127 Å². The van der Waals surface area contributed by atoms with E-state index in [0.29, 0.717) is 16.9 Å². The van der Waals surface area contributed by atoms with E-state index in [-0.39, 0.29) is 30.4 Å². The highest BCUT2D eigenvalue weighted by Gasteiger charge is 2.54. The number of amides is 6. The Morgan fingerprint density at radius 2 is 1.17 bits per heavy atom. The van der Waals surface area contributed by atoms with Crippen LogP contribution in [0.2, 0.25) is 0 Å². The minimum atomic E-state index is -2.35. The molecule has 24 N–H and O–H groups in total. The summed E-state index contributed by atoms with van der Waals surface area (Å²) in [6, 6.07) is 11.8. The van der Waals surface area contributed by atoms with Crippen LogP contribution in [0.4, 0.5) is 0 Å². The normalized spacial score (nSPS) is 34.3. The molecule has 38 heteroatoms. The van der Waals surface area contributed by atoms with Gasteiger partial charge in [0.15, 0.2) is 24.4 Å². The molecule has 568 valence electrons. The van der Waals surface area contributed by atoms with Gasteiger partial charge in [-0.2, -0.15) is 0 Å². The SMILES string of the molecule is COc1ccc2cc(CO[C@@H]3[C@H](O)[C@@H](O[C@H]4[C@H](O)[C@H](O)[C@@H](Oc5ccc(C[C@H]6NC(=O)[C@H](C(C)c7ccccc7)NC(=O)CNC(=O)[C@H](CO)NC(=O)[C@@H](C(O)C7CN=C(N)N7[C@H]7O[C@H](CO)[C@@H](O)[C@H](O)[C@@H]7O)NC(=O)[C@H](C(O)C7CN=C(N)N7)NC6=O)cc5)O[C@@H]4CO)O[C@H](CO)[C@H]3O)ccc2c1. The maximum Gasteiger partial charge on any atom is 0.246 e. The van der Waals surface area contributed by atoms with Crippen LogP contribution in [-0.2, 0) is 65.5 Å². The maximum atomic E-state index is 15.2. The third-order valence-corrected chi connectivity index (χ3v) is 19.0. The smallest absolute Gasteiger partial charge is 0.246 e. The van der Waals surface area contributed by atoms with Crippen molar-refractivity contribution in [3.63, 3.8) is 0 Å². The second-order valence-electron chi connectivity index (χ2n) is 25.9. The van der Waals surface area contributed by atoms with Gasteiger partial charge in [0.25, 0.3) is 0 Å². The van der Waals surface area contributed by atoms with E-state index in [9.17, 15) is 85.6 Å². The highest BCUT2D eigenvalue weighted by molar-refractivity contribution is 5.98. The highest BCUT2D eigenvalue weighted by Crippen LogP contribution is 2.34. The van der Waals surface area contributed by atoms with Crippen LogP contribution in [0.25, 0.3) is 10.8 Å². The molecule has 6 amide bonds. The minimum absolute atomic E-state index is 0.0672. The average molecular weight is 1470 g/mol. The van der Waals surface area contributed by atoms with Crippen molar-refractivity contribution in [2.75, 3.05) is 53.2 Å². The van der Waals surface area contributed by atoms with Gasteiger partial charge in [-0.3, -0.25) is 38.8 Å². The molecule has 104 heavy (non-hydrogen) atoms. The van der Waals surface area contributed by atoms with Gasteiger partial charge >= 0.3 is 0 Å². The lowest BCUT2D eigenvalue weighted by atomic mass is 9.92. The molecular formula is C66H88N12O26. The maximum absolute atomic E-state index is 15.2. The molecule has 0 aromatic heterocycles. The number of nitrogens with two attached hydrogens (primary N) is 2. The molecule has 0 saturated carbocycles. The van der Waals surface area contributed by atoms with Crippen LogP contribution in [0.1, 0.15) is 29.5 Å². The number of fused-ring (bicyclic) bond motifs is 1. The van der Waals surface area contributed by atoms with Crippen LogP contribution in [0.15, 0.2) is 101 Å². The van der Waals surface area contributed by atoms with Gasteiger partial charge < -0.3 is 153 Å². The van der Waals surface area contributed by atoms with Crippen molar-refractivity contribution < 1.29 is 128 Å². The summed E-state index contributed by atoms with van der Waals surface area (Å²) in [5.41, 5.74) is 13.5. The summed E-state index contributed by atoms with van der Waals surface area (Å²) >= 11 is 0. The lowest BCUT2D eigenvalue weighted by molar-refractivity contribution is -0.355. The number of aliphatic hydroxyl groups excluding tert-OH is 13. The number of methoxy groups -OCH3 is 1. The van der Waals surface area contributed by atoms with Crippen LogP contribution in [0.5, 0.6) is 11.5 Å². The summed E-state index contributed by atoms with van der Waals surface area (Å²) < 4.78 is 40.6. The zero-order valence-corrected chi connectivity index (χ0v) is 56.1. The Hall–Kier alpha value is -8.62. The first-order valence-corrected chi connectivity index (χ1v) is 33.4. The number of carbonyl (C=O) groups is 6. The lowest BCUT2D eigenvalue weighted by Gasteiger charge is -2.46. The molecule has 0 spiro atoms. The number of carbonyl (C=O) groups excluding carboxylic acids is 6. The minimum Gasteiger partial charge on any atom is -0.497 e. The Kier molecular flexibility index (Phi) is 25.9. The van der Waals surface area contributed by atoms with Crippen LogP contribution in [0, 0.1) is 0 Å². The van der Waals surface area contributed by atoms with E-state index in [1.165, 1.54) is 24.3 Å². The molecule has 4 saturated heterocycles. The number of rotatable bonds is 21. The fourth-order valence-corrected chi connectivity index (χ4v) is 13.1. The Balaban J connectivity index is 0.902. The number of nitrogens with one attached hydrogen (secondary N) is 7. The van der Waals surface area contributed by atoms with Crippen molar-refractivity contribution in [1.29, 1.82) is 0 Å². The van der Waals surface area contributed by atoms with Gasteiger partial charge in [-0.25, -0.2) is 0 Å². The number of hydrogen-bond acceptors (Lipinski definition) is 32. The average Bonchev–Trinajstić information content (AvgIpc) is 1.47. The molecule has 0 radical (unpaired) electrons. The number of aliphatic imine (C=N–C) groups is 2. The number of hydrogen-bond donors (Lipinski definition) is 22. The van der Waals surface area contributed by atoms with Crippen molar-refractivity contribution in [3.05, 3.63) is 108 Å². The quantitative estimate of drug-likeness (QED) is 0.0368. The van der Waals surface area contributed by atoms with E-state index >= 15 is 9.59 Å². The van der Waals surface area contributed by atoms with E-state index < -0.39 is 240 Å². The molecule has 25 atom stereocenters. The molecule has 5 unspecified atom stereocenters. The fourth-order valence-electron chi connectivity index (χ4n) is 13.1. The largest absolute Gasteiger partial charge is 0.497 e. The standard InChI is InChI=1S/C66H88N12O26/c1-27(30-6-4-3-5-7-30)43-59(95)72-35(17-28-9-13-33(14-10-28)100-63-53(91)51(89)55(41(25-82)103-63)104-64-54(92)56(49(87)40(24-81)102-64)99-26-29-8-11-32-18-34(98-2)15-12-31(32)16-29)58(94)76-44(46(84)36-19-70-65(67)74-36)61(97)77-45(60(96)73-37(22-79)57(93)69-21-42(83)75-43)47(85)38-20-71-66(68)78(38)62-52(90)50(88)48(86)39(23-80)101-62/h3-16,18,27,35-41,43-56,62-64,79-82,84-92H,17,19-26H2,1-2H3,(H2,68,71)(H,69,93)(H,72,95)(H,73,96)(H,75,83)(H,76,94)(H,77,97)(H3,67,70,74)/t27?,35-,36?,37+,38?,39-,40-,41-,43+,44+,45-,46?,47?,48-,49-,50+,51-,52+,53+,54+,55-,56+,62+,63+,64-/m1/s1. The molecular weight excluding hydrogens is 1380 g/mol. The van der Waals surface area contributed by atoms with Gasteiger partial charge in [0.05, 0.1) is 71.9 Å². The fraction of sp³-hybridized carbons (Fsp3) is 0.545. The third-order valence-electron chi connectivity index (χ3n) is 19.0. The molecule has 6 aliphatic heterocycles. The van der Waals surface area contributed by atoms with Gasteiger partial charge in [-0.15, -0.1) is 0 Å². The Bertz CT molecular complexity index is 3700. The van der Waals surface area contributed by atoms with Gasteiger partial charge in [-0.1, -0.05) is 67.6 Å². The molecule has 6 aliphatic rings. The molecule has 6 heterocycles. The molecule has 0 bridgehead atoms. The van der Waals surface area contributed by atoms with E-state index in [4.69, 9.17) is 44.6 Å². The highest BCUT2D eigenvalue weighted by atomic mass is 16.7. The zero-order chi connectivity index (χ0) is 75.0. The number of guanidine groups is 2. The zero-order valence-electron chi connectivity index (χ0n) is 56.1. The monoisotopic (exact) mass is 1460 g/mol. The molecule has 4 fully saturated rings. The van der Waals surface area contributed by atoms with Crippen LogP contribution >= 0.6 is 0 Å². The second kappa shape index (κ2) is 34.5. The predicted molar refractivity (Wildman–Crippen MR) is 356 cm³/mol. The lowest BCUT2D eigenvalue weighted by Crippen LogP contribution is -2.70. The predicted octanol–water partition coefficient (Wildman–Crippen LogP) is -10.2. The summed E-state index contributed by atoms with van der Waals surface area (Å²) in [6.07, 6.45) is -31.0. The first-order valence-electron chi connectivity index (χ1n) is 33.4. The van der Waals surface area contributed by atoms with Crippen molar-refractivity contribution in [2.45, 2.75) is 172 Å². The Labute approximate surface area is 592 Å². The number of ether oxygens (including phenoxy) is 7. The first kappa shape index (κ1) is 78.0. The third kappa shape index (κ3) is 17.5. The summed E-state index contributed by atoms with van der Waals surface area (Å²) in [6.45, 7) is -4.06. The van der Waals surface area contributed by atoms with Crippen molar-refractivity contribution >= 4 is 58.1 Å². The van der Waals surface area contributed by atoms with E-state index in [1.807, 2.05) is 24.3 Å².